The van der Waals surface area contributed by atoms with Crippen molar-refractivity contribution in [2.24, 2.45) is 4.99 Å². The topological polar surface area (TPSA) is 60.0 Å². The van der Waals surface area contributed by atoms with Crippen molar-refractivity contribution in [2.45, 2.75) is 19.4 Å². The number of halogens is 1. The van der Waals surface area contributed by atoms with E-state index >= 15 is 0 Å². The molecule has 0 bridgehead atoms. The maximum atomic E-state index is 11.8. The number of anilines is 1. The van der Waals surface area contributed by atoms with Gasteiger partial charge in [-0.15, -0.1) is 0 Å². The van der Waals surface area contributed by atoms with Crippen LogP contribution in [0.4, 0.5) is 5.69 Å². The molecular weight excluding hydrogens is 394 g/mol. The Bertz CT molecular complexity index is 674. The predicted molar refractivity (Wildman–Crippen MR) is 112 cm³/mol. The average Bonchev–Trinajstić information content (AvgIpc) is 3.05. The van der Waals surface area contributed by atoms with Gasteiger partial charge in [0.05, 0.1) is 5.69 Å². The molecule has 1 saturated heterocycles. The maximum Gasteiger partial charge on any atom is 0.243 e. The van der Waals surface area contributed by atoms with E-state index in [0.29, 0.717) is 12.5 Å². The fraction of sp³-hybridized carbons (Fsp3) is 0.474. The van der Waals surface area contributed by atoms with Crippen molar-refractivity contribution >= 4 is 33.5 Å². The van der Waals surface area contributed by atoms with Gasteiger partial charge >= 0.3 is 0 Å². The Labute approximate surface area is 164 Å². The summed E-state index contributed by atoms with van der Waals surface area (Å²) in [6.45, 7) is 8.48. The first-order valence-electron chi connectivity index (χ1n) is 8.75. The fourth-order valence-electron chi connectivity index (χ4n) is 2.67. The van der Waals surface area contributed by atoms with Crippen LogP contribution in [0.25, 0.3) is 0 Å². The van der Waals surface area contributed by atoms with Crippen LogP contribution in [-0.2, 0) is 4.79 Å². The number of carbonyl (C=O) groups excluding carboxylic acids is 1. The molecule has 26 heavy (non-hydrogen) atoms. The third-order valence-corrected chi connectivity index (χ3v) is 4.82. The number of likely N-dealkylation sites (N-methyl/N-ethyl adjacent to an activating group) is 1. The molecule has 0 aromatic heterocycles. The zero-order valence-corrected chi connectivity index (χ0v) is 17.3. The molecule has 1 aromatic rings. The van der Waals surface area contributed by atoms with Crippen molar-refractivity contribution in [3.63, 3.8) is 0 Å². The molecule has 1 unspecified atom stereocenters. The van der Waals surface area contributed by atoms with Crippen molar-refractivity contribution < 1.29 is 4.79 Å². The number of para-hydroxylation sites is 1. The Hall–Kier alpha value is -2.02. The van der Waals surface area contributed by atoms with Gasteiger partial charge in [0.15, 0.2) is 5.96 Å². The van der Waals surface area contributed by atoms with Gasteiger partial charge in [0.1, 0.15) is 6.54 Å². The van der Waals surface area contributed by atoms with Crippen LogP contribution in [0, 0.1) is 0 Å². The normalized spacial score (nSPS) is 17.2. The Morgan fingerprint density at radius 2 is 2.15 bits per heavy atom. The van der Waals surface area contributed by atoms with Crippen molar-refractivity contribution in [3.05, 3.63) is 40.9 Å². The van der Waals surface area contributed by atoms with E-state index in [9.17, 15) is 4.79 Å². The van der Waals surface area contributed by atoms with Crippen molar-refractivity contribution in [2.75, 3.05) is 45.2 Å². The van der Waals surface area contributed by atoms with Crippen LogP contribution in [0.2, 0.25) is 0 Å². The Kier molecular flexibility index (Phi) is 7.50. The standard InChI is InChI=1S/C19H28BrN5O/c1-14(2)11-21-19(22-12-18(26)24(3)4)23-15-9-10-25(13-15)17-8-6-5-7-16(17)20/h5-8,15H,1,9-13H2,2-4H3,(H2,21,22,23). The smallest absolute Gasteiger partial charge is 0.243 e. The molecule has 7 heteroatoms. The highest BCUT2D eigenvalue weighted by Crippen LogP contribution is 2.28. The quantitative estimate of drug-likeness (QED) is 0.420. The van der Waals surface area contributed by atoms with Crippen LogP contribution in [0.15, 0.2) is 45.9 Å². The average molecular weight is 422 g/mol. The van der Waals surface area contributed by atoms with Crippen molar-refractivity contribution in [1.29, 1.82) is 0 Å². The third kappa shape index (κ3) is 6.05. The lowest BCUT2D eigenvalue weighted by Gasteiger charge is -2.21. The van der Waals surface area contributed by atoms with E-state index < -0.39 is 0 Å². The second-order valence-electron chi connectivity index (χ2n) is 6.79. The van der Waals surface area contributed by atoms with Gasteiger partial charge in [0.2, 0.25) is 5.91 Å². The van der Waals surface area contributed by atoms with Gasteiger partial charge < -0.3 is 20.4 Å². The predicted octanol–water partition coefficient (Wildman–Crippen LogP) is 2.23. The van der Waals surface area contributed by atoms with Crippen molar-refractivity contribution in [1.82, 2.24) is 15.5 Å². The molecule has 1 aromatic carbocycles. The minimum absolute atomic E-state index is 0.0253. The summed E-state index contributed by atoms with van der Waals surface area (Å²) in [5, 5.41) is 6.70. The Balaban J connectivity index is 1.99. The number of benzene rings is 1. The zero-order valence-electron chi connectivity index (χ0n) is 15.8. The molecule has 1 fully saturated rings. The number of rotatable bonds is 6. The number of hydrogen-bond donors (Lipinski definition) is 2. The van der Waals surface area contributed by atoms with Gasteiger partial charge in [0.25, 0.3) is 0 Å². The zero-order chi connectivity index (χ0) is 19.1. The Morgan fingerprint density at radius 3 is 2.81 bits per heavy atom. The molecule has 2 N–H and O–H groups in total. The second-order valence-corrected chi connectivity index (χ2v) is 7.65. The van der Waals surface area contributed by atoms with Gasteiger partial charge in [-0.2, -0.15) is 0 Å². The van der Waals surface area contributed by atoms with Crippen LogP contribution in [0.1, 0.15) is 13.3 Å². The molecule has 142 valence electrons. The highest BCUT2D eigenvalue weighted by atomic mass is 79.9. The van der Waals surface area contributed by atoms with Gasteiger partial charge in [-0.3, -0.25) is 4.79 Å². The molecule has 1 heterocycles. The first kappa shape index (κ1) is 20.3. The lowest BCUT2D eigenvalue weighted by molar-refractivity contribution is -0.127. The lowest BCUT2D eigenvalue weighted by atomic mass is 10.2. The van der Waals surface area contributed by atoms with Gasteiger partial charge in [-0.25, -0.2) is 4.99 Å². The monoisotopic (exact) mass is 421 g/mol. The second kappa shape index (κ2) is 9.62. The van der Waals surface area contributed by atoms with Crippen LogP contribution < -0.4 is 15.5 Å². The highest BCUT2D eigenvalue weighted by molar-refractivity contribution is 9.10. The number of nitrogens with one attached hydrogen (secondary N) is 2. The van der Waals surface area contributed by atoms with E-state index in [1.54, 1.807) is 19.0 Å². The third-order valence-electron chi connectivity index (χ3n) is 4.15. The largest absolute Gasteiger partial charge is 0.368 e. The molecule has 1 atom stereocenters. The summed E-state index contributed by atoms with van der Waals surface area (Å²) < 4.78 is 1.10. The van der Waals surface area contributed by atoms with E-state index in [4.69, 9.17) is 0 Å². The molecule has 1 aliphatic rings. The fourth-order valence-corrected chi connectivity index (χ4v) is 3.21. The molecule has 6 nitrogen and oxygen atoms in total. The number of hydrogen-bond acceptors (Lipinski definition) is 3. The number of guanidine groups is 1. The molecule has 1 amide bonds. The van der Waals surface area contributed by atoms with Crippen LogP contribution in [-0.4, -0.2) is 63.1 Å². The summed E-state index contributed by atoms with van der Waals surface area (Å²) in [6.07, 6.45) is 1.01. The summed E-state index contributed by atoms with van der Waals surface area (Å²) in [4.78, 5) is 20.2. The molecule has 0 aliphatic carbocycles. The molecule has 2 rings (SSSR count). The van der Waals surface area contributed by atoms with Gasteiger partial charge in [-0.1, -0.05) is 24.3 Å². The summed E-state index contributed by atoms with van der Waals surface area (Å²) >= 11 is 3.62. The number of aliphatic imine (C=N–C) groups is 1. The van der Waals surface area contributed by atoms with Crippen LogP contribution >= 0.6 is 15.9 Å². The lowest BCUT2D eigenvalue weighted by Crippen LogP contribution is -2.45. The SMILES string of the molecule is C=C(C)CNC(=NCC(=O)N(C)C)NC1CCN(c2ccccc2Br)C1. The van der Waals surface area contributed by atoms with E-state index in [2.05, 4.69) is 61.2 Å². The molecular formula is C19H28BrN5O. The molecule has 0 spiro atoms. The number of amides is 1. The van der Waals surface area contributed by atoms with Crippen molar-refractivity contribution in [3.8, 4) is 0 Å². The summed E-state index contributed by atoms with van der Waals surface area (Å²) in [7, 11) is 3.47. The van der Waals surface area contributed by atoms with E-state index in [-0.39, 0.29) is 18.5 Å². The van der Waals surface area contributed by atoms with Crippen LogP contribution in [0.5, 0.6) is 0 Å². The number of nitrogens with zero attached hydrogens (tertiary/aromatic N) is 3. The molecule has 1 aliphatic heterocycles. The number of carbonyl (C=O) groups is 1. The Morgan fingerprint density at radius 1 is 1.42 bits per heavy atom. The molecule has 0 radical (unpaired) electrons. The van der Waals surface area contributed by atoms with Crippen LogP contribution in [0.3, 0.4) is 0 Å². The van der Waals surface area contributed by atoms with Gasteiger partial charge in [0, 0.05) is 44.2 Å². The van der Waals surface area contributed by atoms with E-state index in [1.807, 2.05) is 13.0 Å². The maximum absolute atomic E-state index is 11.8. The first-order chi connectivity index (χ1) is 12.4. The van der Waals surface area contributed by atoms with E-state index in [1.165, 1.54) is 5.69 Å². The first-order valence-corrected chi connectivity index (χ1v) is 9.55. The van der Waals surface area contributed by atoms with E-state index in [0.717, 1.165) is 29.6 Å². The minimum atomic E-state index is -0.0253. The summed E-state index contributed by atoms with van der Waals surface area (Å²) in [6, 6.07) is 8.52. The minimum Gasteiger partial charge on any atom is -0.368 e. The summed E-state index contributed by atoms with van der Waals surface area (Å²) in [5.41, 5.74) is 2.22. The molecule has 0 saturated carbocycles. The van der Waals surface area contributed by atoms with Gasteiger partial charge in [-0.05, 0) is 41.4 Å². The summed E-state index contributed by atoms with van der Waals surface area (Å²) in [5.74, 6) is 0.630. The highest BCUT2D eigenvalue weighted by Gasteiger charge is 2.24.